The quantitative estimate of drug-likeness (QED) is 0.113. The Hall–Kier alpha value is -1.38. The molecule has 0 aliphatic rings. The summed E-state index contributed by atoms with van der Waals surface area (Å²) in [6.07, 6.45) is 5.37. The molecular weight excluding hydrogens is 514 g/mol. The van der Waals surface area contributed by atoms with E-state index in [4.69, 9.17) is 43.0 Å². The smallest absolute Gasteiger partial charge is 0.303 e. The monoisotopic (exact) mass is 567 g/mol. The third-order valence-electron chi connectivity index (χ3n) is 5.10. The Morgan fingerprint density at radius 1 is 0.487 bits per heavy atom. The summed E-state index contributed by atoms with van der Waals surface area (Å²) in [5, 5.41) is 11.2. The zero-order valence-corrected chi connectivity index (χ0v) is 24.0. The molecule has 2 N–H and O–H groups in total. The topological polar surface area (TPSA) is 140 Å². The number of carboxylic acids is 1. The predicted molar refractivity (Wildman–Crippen MR) is 145 cm³/mol. The number of hydrogen-bond donors (Lipinski definition) is 2. The van der Waals surface area contributed by atoms with E-state index in [9.17, 15) is 9.59 Å². The van der Waals surface area contributed by atoms with E-state index in [0.717, 1.165) is 13.0 Å². The molecule has 0 saturated heterocycles. The molecule has 0 aromatic rings. The molecule has 0 aromatic heterocycles. The van der Waals surface area contributed by atoms with E-state index in [1.807, 2.05) is 0 Å². The number of hydrogen-bond acceptors (Lipinski definition) is 10. The number of ether oxygens (including phenoxy) is 8. The van der Waals surface area contributed by atoms with Gasteiger partial charge in [-0.05, 0) is 12.8 Å². The summed E-state index contributed by atoms with van der Waals surface area (Å²) in [6.45, 7) is 11.2. The molecule has 0 spiro atoms. The highest BCUT2D eigenvalue weighted by Gasteiger charge is 2.04. The van der Waals surface area contributed by atoms with Crippen LogP contribution in [0.5, 0.6) is 0 Å². The van der Waals surface area contributed by atoms with Gasteiger partial charge in [0.05, 0.1) is 98.9 Å². The molecule has 12 heteroatoms. The largest absolute Gasteiger partial charge is 0.481 e. The van der Waals surface area contributed by atoms with Crippen molar-refractivity contribution in [2.24, 2.45) is 0 Å². The Kier molecular flexibility index (Phi) is 31.7. The molecule has 0 rings (SSSR count). The molecular formula is C27H53NO11. The van der Waals surface area contributed by atoms with Crippen LogP contribution in [0.2, 0.25) is 0 Å². The fourth-order valence-electron chi connectivity index (χ4n) is 2.98. The fraction of sp³-hybridized carbons (Fsp3) is 0.926. The van der Waals surface area contributed by atoms with E-state index in [1.54, 1.807) is 0 Å². The standard InChI is InChI=1S/C27H53NO11/c1-2-3-4-5-10-32-12-14-34-16-18-36-20-22-38-24-25-39-23-21-37-19-17-35-15-13-33-11-6-9-28-26(29)7-8-27(30)31/h2-25H2,1H3,(H,28,29)(H,30,31). The van der Waals surface area contributed by atoms with Crippen molar-refractivity contribution in [1.82, 2.24) is 5.32 Å². The molecule has 0 aliphatic heterocycles. The lowest BCUT2D eigenvalue weighted by Gasteiger charge is -2.09. The van der Waals surface area contributed by atoms with Gasteiger partial charge in [-0.25, -0.2) is 0 Å². The van der Waals surface area contributed by atoms with Gasteiger partial charge in [0.25, 0.3) is 0 Å². The van der Waals surface area contributed by atoms with Crippen LogP contribution in [-0.2, 0) is 47.5 Å². The average Bonchev–Trinajstić information content (AvgIpc) is 2.93. The van der Waals surface area contributed by atoms with Gasteiger partial charge < -0.3 is 48.3 Å². The minimum atomic E-state index is -0.978. The Morgan fingerprint density at radius 2 is 0.846 bits per heavy atom. The maximum absolute atomic E-state index is 11.3. The van der Waals surface area contributed by atoms with Crippen LogP contribution >= 0.6 is 0 Å². The summed E-state index contributed by atoms with van der Waals surface area (Å²) in [7, 11) is 0. The Bertz CT molecular complexity index is 526. The summed E-state index contributed by atoms with van der Waals surface area (Å²) in [5.41, 5.74) is 0. The van der Waals surface area contributed by atoms with Crippen LogP contribution in [0.15, 0.2) is 0 Å². The maximum Gasteiger partial charge on any atom is 0.303 e. The molecule has 0 radical (unpaired) electrons. The number of rotatable bonds is 33. The van der Waals surface area contributed by atoms with E-state index >= 15 is 0 Å². The number of aliphatic carboxylic acids is 1. The Labute approximate surface area is 234 Å². The lowest BCUT2D eigenvalue weighted by atomic mass is 10.2. The SMILES string of the molecule is CCCCCCOCCOCCOCCOCCOCCOCCOCCOCCCNC(=O)CCC(=O)O. The maximum atomic E-state index is 11.3. The lowest BCUT2D eigenvalue weighted by Crippen LogP contribution is -2.25. The highest BCUT2D eigenvalue weighted by molar-refractivity contribution is 5.80. The lowest BCUT2D eigenvalue weighted by molar-refractivity contribution is -0.138. The van der Waals surface area contributed by atoms with Crippen LogP contribution in [0.3, 0.4) is 0 Å². The first-order chi connectivity index (χ1) is 19.2. The summed E-state index contributed by atoms with van der Waals surface area (Å²) in [5.74, 6) is -1.24. The minimum Gasteiger partial charge on any atom is -0.481 e. The van der Waals surface area contributed by atoms with Crippen molar-refractivity contribution < 1.29 is 52.6 Å². The van der Waals surface area contributed by atoms with Crippen LogP contribution in [-0.4, -0.2) is 129 Å². The zero-order chi connectivity index (χ0) is 28.5. The van der Waals surface area contributed by atoms with Crippen LogP contribution < -0.4 is 5.32 Å². The van der Waals surface area contributed by atoms with Gasteiger partial charge in [0.15, 0.2) is 0 Å². The molecule has 12 nitrogen and oxygen atoms in total. The van der Waals surface area contributed by atoms with Crippen molar-refractivity contribution in [3.8, 4) is 0 Å². The highest BCUT2D eigenvalue weighted by Crippen LogP contribution is 1.98. The molecule has 0 unspecified atom stereocenters. The molecule has 0 saturated carbocycles. The van der Waals surface area contributed by atoms with E-state index in [0.29, 0.717) is 112 Å². The summed E-state index contributed by atoms with van der Waals surface area (Å²) in [6, 6.07) is 0. The first kappa shape index (κ1) is 37.6. The van der Waals surface area contributed by atoms with Gasteiger partial charge in [0, 0.05) is 26.2 Å². The Balaban J connectivity index is 3.07. The molecule has 0 fully saturated rings. The van der Waals surface area contributed by atoms with Crippen molar-refractivity contribution >= 4 is 11.9 Å². The van der Waals surface area contributed by atoms with Gasteiger partial charge >= 0.3 is 5.97 Å². The Morgan fingerprint density at radius 3 is 1.21 bits per heavy atom. The molecule has 0 bridgehead atoms. The second-order valence-corrected chi connectivity index (χ2v) is 8.56. The van der Waals surface area contributed by atoms with Gasteiger partial charge in [0.2, 0.25) is 5.91 Å². The molecule has 0 atom stereocenters. The van der Waals surface area contributed by atoms with E-state index in [1.165, 1.54) is 19.3 Å². The van der Waals surface area contributed by atoms with E-state index in [-0.39, 0.29) is 18.7 Å². The number of carboxylic acid groups (broad SMARTS) is 1. The van der Waals surface area contributed by atoms with Crippen LogP contribution in [0, 0.1) is 0 Å². The van der Waals surface area contributed by atoms with Crippen molar-refractivity contribution in [2.75, 3.05) is 112 Å². The average molecular weight is 568 g/mol. The zero-order valence-electron chi connectivity index (χ0n) is 24.0. The van der Waals surface area contributed by atoms with Crippen molar-refractivity contribution in [3.63, 3.8) is 0 Å². The van der Waals surface area contributed by atoms with E-state index < -0.39 is 5.97 Å². The van der Waals surface area contributed by atoms with E-state index in [2.05, 4.69) is 12.2 Å². The fourth-order valence-corrected chi connectivity index (χ4v) is 2.98. The first-order valence-corrected chi connectivity index (χ1v) is 14.3. The number of nitrogens with one attached hydrogen (secondary N) is 1. The molecule has 0 heterocycles. The van der Waals surface area contributed by atoms with Gasteiger partial charge in [-0.3, -0.25) is 9.59 Å². The number of carbonyl (C=O) groups excluding carboxylic acids is 1. The third-order valence-corrected chi connectivity index (χ3v) is 5.10. The van der Waals surface area contributed by atoms with Gasteiger partial charge in [-0.2, -0.15) is 0 Å². The number of carbonyl (C=O) groups is 2. The van der Waals surface area contributed by atoms with Gasteiger partial charge in [0.1, 0.15) is 0 Å². The molecule has 0 aromatic carbocycles. The summed E-state index contributed by atoms with van der Waals surface area (Å²) < 4.78 is 43.6. The van der Waals surface area contributed by atoms with Crippen LogP contribution in [0.4, 0.5) is 0 Å². The molecule has 0 aliphatic carbocycles. The third kappa shape index (κ3) is 34.6. The normalized spacial score (nSPS) is 11.2. The summed E-state index contributed by atoms with van der Waals surface area (Å²) in [4.78, 5) is 21.7. The van der Waals surface area contributed by atoms with Crippen LogP contribution in [0.25, 0.3) is 0 Å². The van der Waals surface area contributed by atoms with Crippen LogP contribution in [0.1, 0.15) is 51.9 Å². The number of amides is 1. The highest BCUT2D eigenvalue weighted by atomic mass is 16.6. The van der Waals surface area contributed by atoms with Crippen molar-refractivity contribution in [1.29, 1.82) is 0 Å². The first-order valence-electron chi connectivity index (χ1n) is 14.3. The minimum absolute atomic E-state index is 0.00373. The summed E-state index contributed by atoms with van der Waals surface area (Å²) >= 11 is 0. The molecule has 232 valence electrons. The second kappa shape index (κ2) is 32.8. The number of unbranched alkanes of at least 4 members (excludes halogenated alkanes) is 3. The van der Waals surface area contributed by atoms with Crippen molar-refractivity contribution in [3.05, 3.63) is 0 Å². The molecule has 39 heavy (non-hydrogen) atoms. The van der Waals surface area contributed by atoms with Crippen molar-refractivity contribution in [2.45, 2.75) is 51.9 Å². The van der Waals surface area contributed by atoms with Gasteiger partial charge in [-0.1, -0.05) is 26.2 Å². The van der Waals surface area contributed by atoms with Gasteiger partial charge in [-0.15, -0.1) is 0 Å². The molecule has 1 amide bonds. The second-order valence-electron chi connectivity index (χ2n) is 8.56. The predicted octanol–water partition coefficient (Wildman–Crippen LogP) is 2.07.